The Morgan fingerprint density at radius 3 is 2.54 bits per heavy atom. The largest absolute Gasteiger partial charge is 0.343 e. The second-order valence-corrected chi connectivity index (χ2v) is 8.50. The second kappa shape index (κ2) is 11.0. The molecular formula is C26H21Cl2N5O2. The summed E-state index contributed by atoms with van der Waals surface area (Å²) in [5.74, 6) is -0.934. The van der Waals surface area contributed by atoms with E-state index >= 15 is 0 Å². The smallest absolute Gasteiger partial charge is 0.259 e. The number of para-hydroxylation sites is 1. The van der Waals surface area contributed by atoms with Crippen LogP contribution in [0.15, 0.2) is 84.1 Å². The zero-order valence-electron chi connectivity index (χ0n) is 18.7. The van der Waals surface area contributed by atoms with Crippen LogP contribution in [0.25, 0.3) is 16.9 Å². The van der Waals surface area contributed by atoms with E-state index in [-0.39, 0.29) is 11.6 Å². The molecule has 0 spiro atoms. The molecule has 0 saturated carbocycles. The number of carbonyl (C=O) groups is 2. The fourth-order valence-corrected chi connectivity index (χ4v) is 3.62. The van der Waals surface area contributed by atoms with Gasteiger partial charge in [0.25, 0.3) is 11.8 Å². The summed E-state index contributed by atoms with van der Waals surface area (Å²) in [5.41, 5.74) is 7.11. The molecule has 35 heavy (non-hydrogen) atoms. The van der Waals surface area contributed by atoms with Gasteiger partial charge in [-0.05, 0) is 43.3 Å². The number of carbonyl (C=O) groups excluding carboxylic acids is 2. The molecule has 0 saturated heterocycles. The average molecular weight is 506 g/mol. The van der Waals surface area contributed by atoms with E-state index in [0.29, 0.717) is 10.6 Å². The number of aromatic nitrogens is 2. The molecule has 4 aromatic rings. The zero-order chi connectivity index (χ0) is 24.8. The van der Waals surface area contributed by atoms with E-state index in [1.54, 1.807) is 4.68 Å². The molecule has 0 unspecified atom stereocenters. The van der Waals surface area contributed by atoms with Gasteiger partial charge < -0.3 is 5.32 Å². The van der Waals surface area contributed by atoms with Crippen molar-refractivity contribution < 1.29 is 9.59 Å². The number of benzene rings is 3. The molecule has 0 radical (unpaired) electrons. The molecule has 0 bridgehead atoms. The Morgan fingerprint density at radius 2 is 1.80 bits per heavy atom. The fourth-order valence-electron chi connectivity index (χ4n) is 3.32. The first-order chi connectivity index (χ1) is 16.9. The van der Waals surface area contributed by atoms with Crippen molar-refractivity contribution in [3.05, 3.63) is 106 Å². The number of rotatable bonds is 7. The Labute approximate surface area is 212 Å². The number of hydrogen-bond acceptors (Lipinski definition) is 4. The Balaban J connectivity index is 1.45. The maximum absolute atomic E-state index is 12.2. The van der Waals surface area contributed by atoms with Gasteiger partial charge in [0, 0.05) is 22.9 Å². The lowest BCUT2D eigenvalue weighted by Crippen LogP contribution is -2.34. The summed E-state index contributed by atoms with van der Waals surface area (Å²) < 4.78 is 1.76. The van der Waals surface area contributed by atoms with Crippen molar-refractivity contribution in [3.63, 3.8) is 0 Å². The summed E-state index contributed by atoms with van der Waals surface area (Å²) in [6, 6.07) is 22.2. The molecule has 0 aliphatic rings. The van der Waals surface area contributed by atoms with Crippen molar-refractivity contribution in [2.75, 3.05) is 6.54 Å². The van der Waals surface area contributed by atoms with Crippen LogP contribution >= 0.6 is 23.2 Å². The number of nitrogens with one attached hydrogen (secondary N) is 2. The van der Waals surface area contributed by atoms with Gasteiger partial charge in [-0.2, -0.15) is 10.2 Å². The molecule has 1 aromatic heterocycles. The van der Waals surface area contributed by atoms with Crippen LogP contribution in [0.3, 0.4) is 0 Å². The molecule has 0 aliphatic carbocycles. The van der Waals surface area contributed by atoms with Gasteiger partial charge in [-0.3, -0.25) is 9.59 Å². The molecule has 176 valence electrons. The minimum absolute atomic E-state index is 0.258. The van der Waals surface area contributed by atoms with E-state index in [1.807, 2.05) is 67.7 Å². The maximum Gasteiger partial charge on any atom is 0.259 e. The molecule has 1 heterocycles. The number of halogens is 2. The van der Waals surface area contributed by atoms with Crippen LogP contribution in [0.4, 0.5) is 0 Å². The van der Waals surface area contributed by atoms with E-state index in [0.717, 1.165) is 28.1 Å². The van der Waals surface area contributed by atoms with Crippen molar-refractivity contribution in [1.82, 2.24) is 20.5 Å². The van der Waals surface area contributed by atoms with Crippen LogP contribution in [0.2, 0.25) is 10.0 Å². The Kier molecular flexibility index (Phi) is 7.60. The van der Waals surface area contributed by atoms with Gasteiger partial charge in [-0.15, -0.1) is 0 Å². The second-order valence-electron chi connectivity index (χ2n) is 7.69. The van der Waals surface area contributed by atoms with Crippen molar-refractivity contribution in [2.45, 2.75) is 6.92 Å². The zero-order valence-corrected chi connectivity index (χ0v) is 20.2. The van der Waals surface area contributed by atoms with Crippen molar-refractivity contribution in [2.24, 2.45) is 5.10 Å². The summed E-state index contributed by atoms with van der Waals surface area (Å²) in [6.45, 7) is 1.75. The standard InChI is InChI=1S/C26H21Cl2N5O2/c1-17-6-5-7-18(12-17)25-20(16-33(32-25)21-8-3-2-4-9-21)14-30-31-24(34)15-29-26(35)19-10-11-22(27)23(28)13-19/h2-14,16H,15H2,1H3,(H,29,35)(H,31,34)/b30-14+. The topological polar surface area (TPSA) is 88.4 Å². The van der Waals surface area contributed by atoms with E-state index in [1.165, 1.54) is 24.4 Å². The van der Waals surface area contributed by atoms with E-state index < -0.39 is 11.8 Å². The molecule has 0 fully saturated rings. The third-order valence-corrected chi connectivity index (χ3v) is 5.78. The maximum atomic E-state index is 12.2. The Bertz CT molecular complexity index is 1400. The Morgan fingerprint density at radius 1 is 1.00 bits per heavy atom. The first-order valence-electron chi connectivity index (χ1n) is 10.7. The lowest BCUT2D eigenvalue weighted by molar-refractivity contribution is -0.120. The van der Waals surface area contributed by atoms with Gasteiger partial charge >= 0.3 is 0 Å². The van der Waals surface area contributed by atoms with Crippen LogP contribution in [0.5, 0.6) is 0 Å². The van der Waals surface area contributed by atoms with E-state index in [2.05, 4.69) is 15.8 Å². The minimum atomic E-state index is -0.484. The van der Waals surface area contributed by atoms with E-state index in [4.69, 9.17) is 28.3 Å². The predicted molar refractivity (Wildman–Crippen MR) is 138 cm³/mol. The van der Waals surface area contributed by atoms with Gasteiger partial charge in [0.1, 0.15) is 5.69 Å². The predicted octanol–water partition coefficient (Wildman–Crippen LogP) is 5.03. The van der Waals surface area contributed by atoms with Gasteiger partial charge in [0.15, 0.2) is 0 Å². The molecular weight excluding hydrogens is 485 g/mol. The average Bonchev–Trinajstić information content (AvgIpc) is 3.29. The van der Waals surface area contributed by atoms with E-state index in [9.17, 15) is 9.59 Å². The van der Waals surface area contributed by atoms with Gasteiger partial charge in [0.05, 0.1) is 28.5 Å². The van der Waals surface area contributed by atoms with Gasteiger partial charge in [-0.25, -0.2) is 10.1 Å². The summed E-state index contributed by atoms with van der Waals surface area (Å²) in [5, 5.41) is 11.9. The molecule has 4 rings (SSSR count). The minimum Gasteiger partial charge on any atom is -0.343 e. The lowest BCUT2D eigenvalue weighted by atomic mass is 10.1. The molecule has 0 aliphatic heterocycles. The summed E-state index contributed by atoms with van der Waals surface area (Å²) >= 11 is 11.8. The molecule has 2 N–H and O–H groups in total. The molecule has 3 aromatic carbocycles. The number of hydrogen-bond donors (Lipinski definition) is 2. The molecule has 2 amide bonds. The third kappa shape index (κ3) is 6.15. The molecule has 0 atom stereocenters. The SMILES string of the molecule is Cc1cccc(-c2nn(-c3ccccc3)cc2/C=N/NC(=O)CNC(=O)c2ccc(Cl)c(Cl)c2)c1. The van der Waals surface area contributed by atoms with Crippen molar-refractivity contribution >= 4 is 41.2 Å². The summed E-state index contributed by atoms with van der Waals surface area (Å²) in [4.78, 5) is 24.4. The van der Waals surface area contributed by atoms with Crippen LogP contribution < -0.4 is 10.7 Å². The highest BCUT2D eigenvalue weighted by Gasteiger charge is 2.12. The van der Waals surface area contributed by atoms with Crippen LogP contribution in [0.1, 0.15) is 21.5 Å². The quantitative estimate of drug-likeness (QED) is 0.272. The Hall–Kier alpha value is -3.94. The lowest BCUT2D eigenvalue weighted by Gasteiger charge is -2.05. The first-order valence-corrected chi connectivity index (χ1v) is 11.4. The monoisotopic (exact) mass is 505 g/mol. The van der Waals surface area contributed by atoms with Crippen molar-refractivity contribution in [1.29, 1.82) is 0 Å². The number of nitrogens with zero attached hydrogens (tertiary/aromatic N) is 3. The fraction of sp³-hybridized carbons (Fsp3) is 0.0769. The van der Waals surface area contributed by atoms with Gasteiger partial charge in [0.2, 0.25) is 0 Å². The normalized spacial score (nSPS) is 10.9. The number of aryl methyl sites for hydroxylation is 1. The molecule has 9 heteroatoms. The summed E-state index contributed by atoms with van der Waals surface area (Å²) in [6.07, 6.45) is 3.37. The number of amides is 2. The summed E-state index contributed by atoms with van der Waals surface area (Å²) in [7, 11) is 0. The van der Waals surface area contributed by atoms with Crippen LogP contribution in [-0.2, 0) is 4.79 Å². The highest BCUT2D eigenvalue weighted by Crippen LogP contribution is 2.24. The first kappa shape index (κ1) is 24.2. The molecule has 7 nitrogen and oxygen atoms in total. The highest BCUT2D eigenvalue weighted by atomic mass is 35.5. The van der Waals surface area contributed by atoms with Crippen LogP contribution in [-0.4, -0.2) is 34.4 Å². The third-order valence-electron chi connectivity index (χ3n) is 5.04. The number of hydrazone groups is 1. The van der Waals surface area contributed by atoms with Crippen LogP contribution in [0, 0.1) is 6.92 Å². The highest BCUT2D eigenvalue weighted by molar-refractivity contribution is 6.42. The van der Waals surface area contributed by atoms with Crippen molar-refractivity contribution in [3.8, 4) is 16.9 Å². The van der Waals surface area contributed by atoms with Gasteiger partial charge in [-0.1, -0.05) is 65.2 Å².